The third kappa shape index (κ3) is 3.94. The Hall–Kier alpha value is -3.75. The highest BCUT2D eigenvalue weighted by molar-refractivity contribution is 7.23. The van der Waals surface area contributed by atoms with Crippen LogP contribution in [0, 0.1) is 0 Å². The molecule has 0 spiro atoms. The van der Waals surface area contributed by atoms with Crippen LogP contribution in [0.4, 0.5) is 17.5 Å². The molecular formula is C27H27N7S. The first-order chi connectivity index (χ1) is 17.1. The van der Waals surface area contributed by atoms with E-state index >= 15 is 0 Å². The van der Waals surface area contributed by atoms with Crippen LogP contribution in [0.1, 0.15) is 6.92 Å². The lowest BCUT2D eigenvalue weighted by Gasteiger charge is -2.35. The zero-order valence-corrected chi connectivity index (χ0v) is 20.4. The molecule has 1 aliphatic heterocycles. The van der Waals surface area contributed by atoms with Gasteiger partial charge in [-0.2, -0.15) is 4.98 Å². The number of nitrogens with two attached hydrogens (primary N) is 2. The highest BCUT2D eigenvalue weighted by Gasteiger charge is 2.22. The molecule has 0 atom stereocenters. The molecule has 4 heterocycles. The number of aromatic nitrogens is 3. The van der Waals surface area contributed by atoms with Crippen molar-refractivity contribution in [3.8, 4) is 21.6 Å². The van der Waals surface area contributed by atoms with Crippen LogP contribution in [0.2, 0.25) is 0 Å². The van der Waals surface area contributed by atoms with Gasteiger partial charge in [-0.3, -0.25) is 4.98 Å². The third-order valence-corrected chi connectivity index (χ3v) is 8.00. The number of piperazine rings is 1. The number of nitrogens with zero attached hydrogens (tertiary/aromatic N) is 5. The number of hydrogen-bond donors (Lipinski definition) is 2. The quantitative estimate of drug-likeness (QED) is 0.378. The fraction of sp³-hybridized carbons (Fsp3) is 0.222. The number of anilines is 3. The lowest BCUT2D eigenvalue weighted by Crippen LogP contribution is -2.46. The van der Waals surface area contributed by atoms with Crippen molar-refractivity contribution >= 4 is 49.9 Å². The topological polar surface area (TPSA) is 97.2 Å². The number of fused-ring (bicyclic) bond motifs is 2. The minimum atomic E-state index is 0.178. The Balaban J connectivity index is 1.51. The Morgan fingerprint density at radius 1 is 0.914 bits per heavy atom. The average Bonchev–Trinajstić information content (AvgIpc) is 3.28. The molecule has 1 aliphatic rings. The molecule has 5 aromatic rings. The van der Waals surface area contributed by atoms with Crippen molar-refractivity contribution in [1.82, 2.24) is 19.9 Å². The summed E-state index contributed by atoms with van der Waals surface area (Å²) in [6.45, 7) is 7.55. The first kappa shape index (κ1) is 21.8. The number of likely N-dealkylation sites (N-methyl/N-ethyl adjacent to an activating group) is 1. The number of para-hydroxylation sites is 1. The van der Waals surface area contributed by atoms with Gasteiger partial charge < -0.3 is 21.3 Å². The van der Waals surface area contributed by atoms with Crippen LogP contribution in [0.3, 0.4) is 0 Å². The van der Waals surface area contributed by atoms with E-state index in [4.69, 9.17) is 16.5 Å². The van der Waals surface area contributed by atoms with Crippen molar-refractivity contribution in [3.05, 3.63) is 60.8 Å². The highest BCUT2D eigenvalue weighted by atomic mass is 32.1. The number of pyridine rings is 1. The molecule has 7 nitrogen and oxygen atoms in total. The highest BCUT2D eigenvalue weighted by Crippen LogP contribution is 2.46. The van der Waals surface area contributed by atoms with Crippen molar-refractivity contribution in [1.29, 1.82) is 0 Å². The summed E-state index contributed by atoms with van der Waals surface area (Å²) < 4.78 is 0.847. The van der Waals surface area contributed by atoms with Gasteiger partial charge in [-0.25, -0.2) is 4.98 Å². The summed E-state index contributed by atoms with van der Waals surface area (Å²) in [4.78, 5) is 19.6. The standard InChI is InChI=1S/C27H27N7S/c1-2-33-10-12-34(13-11-33)20-8-5-7-18(15-20)24-22(23-25(35-24)26(28)32-27(29)31-23)19-14-17-6-3-4-9-21(17)30-16-19/h3-9,14-16H,2,10-13H2,1H3,(H4,28,29,31,32). The summed E-state index contributed by atoms with van der Waals surface area (Å²) in [5, 5.41) is 1.08. The predicted molar refractivity (Wildman–Crippen MR) is 147 cm³/mol. The van der Waals surface area contributed by atoms with Gasteiger partial charge in [0.15, 0.2) is 0 Å². The molecule has 35 heavy (non-hydrogen) atoms. The van der Waals surface area contributed by atoms with Crippen LogP contribution >= 0.6 is 11.3 Å². The lowest BCUT2D eigenvalue weighted by atomic mass is 10.0. The van der Waals surface area contributed by atoms with Gasteiger partial charge in [0.05, 0.1) is 15.7 Å². The zero-order chi connectivity index (χ0) is 23.9. The first-order valence-electron chi connectivity index (χ1n) is 11.9. The van der Waals surface area contributed by atoms with E-state index in [1.54, 1.807) is 11.3 Å². The van der Waals surface area contributed by atoms with Crippen molar-refractivity contribution < 1.29 is 0 Å². The van der Waals surface area contributed by atoms with E-state index in [9.17, 15) is 0 Å². The van der Waals surface area contributed by atoms with E-state index < -0.39 is 0 Å². The molecule has 1 saturated heterocycles. The zero-order valence-electron chi connectivity index (χ0n) is 19.6. The van der Waals surface area contributed by atoms with E-state index in [-0.39, 0.29) is 5.95 Å². The normalized spacial score (nSPS) is 14.7. The Labute approximate surface area is 208 Å². The van der Waals surface area contributed by atoms with Crippen molar-refractivity contribution in [2.24, 2.45) is 0 Å². The average molecular weight is 482 g/mol. The van der Waals surface area contributed by atoms with Crippen LogP contribution in [0.5, 0.6) is 0 Å². The number of thiophene rings is 1. The third-order valence-electron chi connectivity index (χ3n) is 6.75. The maximum Gasteiger partial charge on any atom is 0.222 e. The van der Waals surface area contributed by atoms with Crippen LogP contribution in [-0.4, -0.2) is 52.6 Å². The van der Waals surface area contributed by atoms with Gasteiger partial charge in [-0.15, -0.1) is 11.3 Å². The minimum absolute atomic E-state index is 0.178. The van der Waals surface area contributed by atoms with Gasteiger partial charge in [0.25, 0.3) is 0 Å². The monoisotopic (exact) mass is 481 g/mol. The van der Waals surface area contributed by atoms with Gasteiger partial charge >= 0.3 is 0 Å². The van der Waals surface area contributed by atoms with Crippen LogP contribution in [-0.2, 0) is 0 Å². The van der Waals surface area contributed by atoms with Crippen molar-refractivity contribution in [2.75, 3.05) is 49.1 Å². The summed E-state index contributed by atoms with van der Waals surface area (Å²) >= 11 is 1.61. The van der Waals surface area contributed by atoms with E-state index in [0.29, 0.717) is 5.82 Å². The summed E-state index contributed by atoms with van der Waals surface area (Å²) in [6.07, 6.45) is 1.91. The fourth-order valence-electron chi connectivity index (χ4n) is 4.86. The van der Waals surface area contributed by atoms with E-state index in [2.05, 4.69) is 63.1 Å². The Bertz CT molecular complexity index is 1540. The minimum Gasteiger partial charge on any atom is -0.382 e. The molecule has 0 bridgehead atoms. The van der Waals surface area contributed by atoms with Gasteiger partial charge in [-0.1, -0.05) is 37.3 Å². The van der Waals surface area contributed by atoms with Crippen LogP contribution in [0.25, 0.3) is 42.7 Å². The van der Waals surface area contributed by atoms with Crippen LogP contribution < -0.4 is 16.4 Å². The van der Waals surface area contributed by atoms with Gasteiger partial charge in [0.1, 0.15) is 5.82 Å². The molecule has 0 aliphatic carbocycles. The first-order valence-corrected chi connectivity index (χ1v) is 12.7. The Morgan fingerprint density at radius 2 is 1.74 bits per heavy atom. The molecule has 1 fully saturated rings. The smallest absolute Gasteiger partial charge is 0.222 e. The second-order valence-electron chi connectivity index (χ2n) is 8.84. The summed E-state index contributed by atoms with van der Waals surface area (Å²) in [5.74, 6) is 0.586. The maximum absolute atomic E-state index is 6.31. The number of rotatable bonds is 4. The number of hydrogen-bond acceptors (Lipinski definition) is 8. The SMILES string of the molecule is CCN1CCN(c2cccc(-c3sc4c(N)nc(N)nc4c3-c3cnc4ccccc4c3)c2)CC1. The second kappa shape index (κ2) is 8.79. The molecule has 0 radical (unpaired) electrons. The fourth-order valence-corrected chi connectivity index (χ4v) is 6.02. The predicted octanol–water partition coefficient (Wildman–Crippen LogP) is 4.88. The molecular weight excluding hydrogens is 454 g/mol. The largest absolute Gasteiger partial charge is 0.382 e. The van der Waals surface area contributed by atoms with Crippen molar-refractivity contribution in [3.63, 3.8) is 0 Å². The molecule has 0 unspecified atom stereocenters. The maximum atomic E-state index is 6.31. The molecule has 6 rings (SSSR count). The molecule has 176 valence electrons. The van der Waals surface area contributed by atoms with Crippen LogP contribution in [0.15, 0.2) is 60.8 Å². The van der Waals surface area contributed by atoms with E-state index in [1.165, 1.54) is 5.69 Å². The summed E-state index contributed by atoms with van der Waals surface area (Å²) in [7, 11) is 0. The summed E-state index contributed by atoms with van der Waals surface area (Å²) in [6, 6.07) is 19.0. The number of benzene rings is 2. The Morgan fingerprint density at radius 3 is 2.57 bits per heavy atom. The molecule has 0 saturated carbocycles. The molecule has 0 amide bonds. The van der Waals surface area contributed by atoms with Gasteiger partial charge in [0, 0.05) is 59.5 Å². The molecule has 3 aromatic heterocycles. The lowest BCUT2D eigenvalue weighted by molar-refractivity contribution is 0.271. The van der Waals surface area contributed by atoms with Crippen molar-refractivity contribution in [2.45, 2.75) is 6.92 Å². The van der Waals surface area contributed by atoms with E-state index in [0.717, 1.165) is 75.4 Å². The molecule has 8 heteroatoms. The van der Waals surface area contributed by atoms with Gasteiger partial charge in [0.2, 0.25) is 5.95 Å². The second-order valence-corrected chi connectivity index (χ2v) is 9.86. The van der Waals surface area contributed by atoms with Gasteiger partial charge in [-0.05, 0) is 36.4 Å². The van der Waals surface area contributed by atoms with E-state index in [1.807, 2.05) is 24.4 Å². The Kier molecular flexibility index (Phi) is 5.47. The molecule has 2 aromatic carbocycles. The summed E-state index contributed by atoms with van der Waals surface area (Å²) in [5.41, 5.74) is 18.4. The molecule has 4 N–H and O–H groups in total. The number of nitrogen functional groups attached to an aromatic ring is 2.